The quantitative estimate of drug-likeness (QED) is 0.877. The number of rotatable bonds is 4. The van der Waals surface area contributed by atoms with E-state index in [0.717, 1.165) is 4.47 Å². The predicted octanol–water partition coefficient (Wildman–Crippen LogP) is 2.66. The summed E-state index contributed by atoms with van der Waals surface area (Å²) in [5.41, 5.74) is 0. The molecular weight excluding hydrogens is 362 g/mol. The standard InChI is InChI=1S/C14H15BrClNO4/c1-8-5-17(6-10(8)14(19)20)13(18)7-21-12-3-2-9(15)4-11(12)16/h2-4,8,10H,5-7H2,1H3,(H,19,20)/t8-,10-/m1/s1. The minimum Gasteiger partial charge on any atom is -0.482 e. The van der Waals surface area contributed by atoms with Crippen LogP contribution in [-0.4, -0.2) is 41.6 Å². The minimum atomic E-state index is -0.866. The van der Waals surface area contributed by atoms with Crippen molar-refractivity contribution < 1.29 is 19.4 Å². The molecule has 1 saturated heterocycles. The summed E-state index contributed by atoms with van der Waals surface area (Å²) in [5.74, 6) is -1.23. The molecule has 0 aliphatic carbocycles. The van der Waals surface area contributed by atoms with Crippen molar-refractivity contribution >= 4 is 39.4 Å². The van der Waals surface area contributed by atoms with Crippen LogP contribution < -0.4 is 4.74 Å². The largest absolute Gasteiger partial charge is 0.482 e. The Bertz CT molecular complexity index is 566. The number of nitrogens with zero attached hydrogens (tertiary/aromatic N) is 1. The molecule has 0 spiro atoms. The number of hydrogen-bond donors (Lipinski definition) is 1. The molecule has 0 unspecified atom stereocenters. The Balaban J connectivity index is 1.92. The fraction of sp³-hybridized carbons (Fsp3) is 0.429. The lowest BCUT2D eigenvalue weighted by atomic mass is 9.99. The van der Waals surface area contributed by atoms with E-state index >= 15 is 0 Å². The van der Waals surface area contributed by atoms with Crippen LogP contribution in [0.3, 0.4) is 0 Å². The van der Waals surface area contributed by atoms with Gasteiger partial charge in [-0.15, -0.1) is 0 Å². The normalized spacial score (nSPS) is 21.4. The molecule has 0 bridgehead atoms. The maximum Gasteiger partial charge on any atom is 0.308 e. The first-order valence-electron chi connectivity index (χ1n) is 6.47. The monoisotopic (exact) mass is 375 g/mol. The van der Waals surface area contributed by atoms with Crippen molar-refractivity contribution in [3.8, 4) is 5.75 Å². The molecule has 114 valence electrons. The van der Waals surface area contributed by atoms with Crippen molar-refractivity contribution in [3.63, 3.8) is 0 Å². The smallest absolute Gasteiger partial charge is 0.308 e. The summed E-state index contributed by atoms with van der Waals surface area (Å²) < 4.78 is 6.23. The Morgan fingerprint density at radius 3 is 2.76 bits per heavy atom. The fourth-order valence-corrected chi connectivity index (χ4v) is 3.04. The average Bonchev–Trinajstić information content (AvgIpc) is 2.80. The van der Waals surface area contributed by atoms with Crippen LogP contribution in [0.5, 0.6) is 5.75 Å². The molecule has 21 heavy (non-hydrogen) atoms. The summed E-state index contributed by atoms with van der Waals surface area (Å²) in [6.07, 6.45) is 0. The van der Waals surface area contributed by atoms with Gasteiger partial charge in [-0.05, 0) is 24.1 Å². The molecular formula is C14H15BrClNO4. The summed E-state index contributed by atoms with van der Waals surface area (Å²) >= 11 is 9.29. The number of carbonyl (C=O) groups excluding carboxylic acids is 1. The van der Waals surface area contributed by atoms with Crippen molar-refractivity contribution in [1.29, 1.82) is 0 Å². The summed E-state index contributed by atoms with van der Waals surface area (Å²) in [5, 5.41) is 9.47. The minimum absolute atomic E-state index is 0.0530. The maximum atomic E-state index is 12.1. The van der Waals surface area contributed by atoms with Crippen LogP contribution >= 0.6 is 27.5 Å². The molecule has 2 atom stereocenters. The Labute approximate surface area is 136 Å². The predicted molar refractivity (Wildman–Crippen MR) is 81.5 cm³/mol. The van der Waals surface area contributed by atoms with Crippen LogP contribution in [-0.2, 0) is 9.59 Å². The van der Waals surface area contributed by atoms with Gasteiger partial charge in [0.25, 0.3) is 5.91 Å². The second-order valence-corrected chi connectivity index (χ2v) is 6.41. The zero-order valence-corrected chi connectivity index (χ0v) is 13.7. The molecule has 1 aliphatic heterocycles. The molecule has 1 heterocycles. The lowest BCUT2D eigenvalue weighted by Gasteiger charge is -2.16. The number of amides is 1. The van der Waals surface area contributed by atoms with Crippen LogP contribution in [0.15, 0.2) is 22.7 Å². The highest BCUT2D eigenvalue weighted by Crippen LogP contribution is 2.28. The summed E-state index contributed by atoms with van der Waals surface area (Å²) in [7, 11) is 0. The van der Waals surface area contributed by atoms with Crippen LogP contribution in [0.4, 0.5) is 0 Å². The fourth-order valence-electron chi connectivity index (χ4n) is 2.31. The number of carboxylic acid groups (broad SMARTS) is 1. The topological polar surface area (TPSA) is 66.8 Å². The molecule has 2 rings (SSSR count). The molecule has 1 aromatic carbocycles. The van der Waals surface area contributed by atoms with Gasteiger partial charge in [-0.2, -0.15) is 0 Å². The van der Waals surface area contributed by atoms with Gasteiger partial charge in [-0.1, -0.05) is 34.5 Å². The number of carbonyl (C=O) groups is 2. The van der Waals surface area contributed by atoms with Crippen molar-refractivity contribution in [1.82, 2.24) is 4.90 Å². The first-order valence-corrected chi connectivity index (χ1v) is 7.64. The molecule has 5 nitrogen and oxygen atoms in total. The highest BCUT2D eigenvalue weighted by molar-refractivity contribution is 9.10. The maximum absolute atomic E-state index is 12.1. The Kier molecular flexibility index (Phi) is 5.11. The van der Waals surface area contributed by atoms with Crippen molar-refractivity contribution in [2.45, 2.75) is 6.92 Å². The number of likely N-dealkylation sites (tertiary alicyclic amines) is 1. The van der Waals surface area contributed by atoms with Gasteiger partial charge in [-0.25, -0.2) is 0 Å². The van der Waals surface area contributed by atoms with Crippen LogP contribution in [0.2, 0.25) is 5.02 Å². The van der Waals surface area contributed by atoms with Gasteiger partial charge in [0.15, 0.2) is 6.61 Å². The highest BCUT2D eigenvalue weighted by Gasteiger charge is 2.36. The number of benzene rings is 1. The van der Waals surface area contributed by atoms with E-state index in [2.05, 4.69) is 15.9 Å². The zero-order chi connectivity index (χ0) is 15.6. The molecule has 1 aliphatic rings. The Morgan fingerprint density at radius 1 is 1.48 bits per heavy atom. The molecule has 0 radical (unpaired) electrons. The highest BCUT2D eigenvalue weighted by atomic mass is 79.9. The third-order valence-corrected chi connectivity index (χ3v) is 4.32. The molecule has 0 saturated carbocycles. The van der Waals surface area contributed by atoms with Gasteiger partial charge in [0.2, 0.25) is 0 Å². The van der Waals surface area contributed by atoms with E-state index in [1.54, 1.807) is 18.2 Å². The molecule has 1 amide bonds. The molecule has 1 aromatic rings. The van der Waals surface area contributed by atoms with Gasteiger partial charge in [0.1, 0.15) is 5.75 Å². The SMILES string of the molecule is C[C@@H]1CN(C(=O)COc2ccc(Br)cc2Cl)C[C@H]1C(=O)O. The van der Waals surface area contributed by atoms with Crippen LogP contribution in [0.1, 0.15) is 6.92 Å². The number of hydrogen-bond acceptors (Lipinski definition) is 3. The van der Waals surface area contributed by atoms with E-state index in [9.17, 15) is 9.59 Å². The third kappa shape index (κ3) is 3.89. The lowest BCUT2D eigenvalue weighted by Crippen LogP contribution is -2.33. The first-order chi connectivity index (χ1) is 9.88. The van der Waals surface area contributed by atoms with E-state index in [1.807, 2.05) is 6.92 Å². The van der Waals surface area contributed by atoms with Crippen LogP contribution in [0.25, 0.3) is 0 Å². The summed E-state index contributed by atoms with van der Waals surface area (Å²) in [6, 6.07) is 5.12. The number of carboxylic acids is 1. The zero-order valence-electron chi connectivity index (χ0n) is 11.4. The Morgan fingerprint density at radius 2 is 2.19 bits per heavy atom. The van der Waals surface area contributed by atoms with Crippen molar-refractivity contribution in [2.24, 2.45) is 11.8 Å². The molecule has 0 aromatic heterocycles. The number of ether oxygens (including phenoxy) is 1. The van der Waals surface area contributed by atoms with E-state index in [0.29, 0.717) is 17.3 Å². The van der Waals surface area contributed by atoms with Gasteiger partial charge in [-0.3, -0.25) is 9.59 Å². The molecule has 1 fully saturated rings. The second-order valence-electron chi connectivity index (χ2n) is 5.08. The van der Waals surface area contributed by atoms with Gasteiger partial charge < -0.3 is 14.7 Å². The number of aliphatic carboxylic acids is 1. The molecule has 7 heteroatoms. The van der Waals surface area contributed by atoms with Gasteiger partial charge >= 0.3 is 5.97 Å². The van der Waals surface area contributed by atoms with E-state index in [1.165, 1.54) is 4.90 Å². The Hall–Kier alpha value is -1.27. The average molecular weight is 377 g/mol. The van der Waals surface area contributed by atoms with E-state index < -0.39 is 11.9 Å². The first kappa shape index (κ1) is 16.1. The molecule has 1 N–H and O–H groups in total. The lowest BCUT2D eigenvalue weighted by molar-refractivity contribution is -0.142. The van der Waals surface area contributed by atoms with Crippen molar-refractivity contribution in [2.75, 3.05) is 19.7 Å². The van der Waals surface area contributed by atoms with E-state index in [-0.39, 0.29) is 25.0 Å². The second kappa shape index (κ2) is 6.66. The summed E-state index contributed by atoms with van der Waals surface area (Å²) in [6.45, 7) is 2.35. The third-order valence-electron chi connectivity index (χ3n) is 3.53. The summed E-state index contributed by atoms with van der Waals surface area (Å²) in [4.78, 5) is 24.6. The van der Waals surface area contributed by atoms with Crippen LogP contribution in [0, 0.1) is 11.8 Å². The van der Waals surface area contributed by atoms with Gasteiger partial charge in [0, 0.05) is 17.6 Å². The van der Waals surface area contributed by atoms with Gasteiger partial charge in [0.05, 0.1) is 10.9 Å². The van der Waals surface area contributed by atoms with E-state index in [4.69, 9.17) is 21.4 Å². The van der Waals surface area contributed by atoms with Crippen molar-refractivity contribution in [3.05, 3.63) is 27.7 Å². The number of halogens is 2.